The zero-order valence-corrected chi connectivity index (χ0v) is 10.0. The molecule has 1 aromatic carbocycles. The van der Waals surface area contributed by atoms with Gasteiger partial charge in [0.05, 0.1) is 9.85 Å². The van der Waals surface area contributed by atoms with Gasteiger partial charge in [0.15, 0.2) is 5.02 Å². The Morgan fingerprint density at radius 3 is 1.83 bits per heavy atom. The van der Waals surface area contributed by atoms with Crippen LogP contribution in [0, 0.1) is 20.2 Å². The van der Waals surface area contributed by atoms with Gasteiger partial charge in [-0.05, 0) is 5.56 Å². The minimum Gasteiger partial charge on any atom is -0.285 e. The van der Waals surface area contributed by atoms with Gasteiger partial charge in [-0.25, -0.2) is 0 Å². The van der Waals surface area contributed by atoms with E-state index in [2.05, 4.69) is 0 Å². The molecule has 0 heterocycles. The van der Waals surface area contributed by atoms with Crippen molar-refractivity contribution in [3.63, 3.8) is 0 Å². The Morgan fingerprint density at radius 2 is 1.56 bits per heavy atom. The Labute approximate surface area is 105 Å². The van der Waals surface area contributed by atoms with Crippen molar-refractivity contribution in [1.29, 1.82) is 0 Å². The van der Waals surface area contributed by atoms with Gasteiger partial charge in [-0.3, -0.25) is 24.8 Å². The van der Waals surface area contributed by atoms with Crippen molar-refractivity contribution in [3.05, 3.63) is 42.9 Å². The number of benzene rings is 1. The third-order valence-corrected chi connectivity index (χ3v) is 2.92. The SMILES string of the molecule is O=[N+]([O-])c1cc(CS(=O)(=O)O)cc([N+](=O)[O-])c1Cl. The molecule has 0 spiro atoms. The minimum absolute atomic E-state index is 0.305. The number of halogens is 1. The van der Waals surface area contributed by atoms with Crippen LogP contribution in [-0.2, 0) is 15.9 Å². The van der Waals surface area contributed by atoms with E-state index in [4.69, 9.17) is 16.2 Å². The average molecular weight is 297 g/mol. The van der Waals surface area contributed by atoms with Crippen LogP contribution in [0.5, 0.6) is 0 Å². The number of nitro benzene ring substituents is 2. The predicted octanol–water partition coefficient (Wildman–Crippen LogP) is 1.54. The Balaban J connectivity index is 3.48. The summed E-state index contributed by atoms with van der Waals surface area (Å²) in [6.45, 7) is 0. The second-order valence-corrected chi connectivity index (χ2v) is 5.02. The van der Waals surface area contributed by atoms with Crippen molar-refractivity contribution in [2.75, 3.05) is 0 Å². The lowest BCUT2D eigenvalue weighted by molar-refractivity contribution is -0.394. The maximum absolute atomic E-state index is 10.6. The standard InChI is InChI=1S/C7H5ClN2O7S/c8-7-5(9(11)12)1-4(3-18(15,16)17)2-6(7)10(13)14/h1-2H,3H2,(H,15,16,17). The molecule has 0 bridgehead atoms. The van der Waals surface area contributed by atoms with Crippen LogP contribution in [0.4, 0.5) is 11.4 Å². The molecule has 0 fully saturated rings. The van der Waals surface area contributed by atoms with E-state index in [0.717, 1.165) is 12.1 Å². The first kappa shape index (κ1) is 14.3. The number of nitro groups is 2. The van der Waals surface area contributed by atoms with Crippen LogP contribution in [0.3, 0.4) is 0 Å². The Kier molecular flexibility index (Phi) is 3.84. The highest BCUT2D eigenvalue weighted by Crippen LogP contribution is 2.35. The smallest absolute Gasteiger partial charge is 0.285 e. The summed E-state index contributed by atoms with van der Waals surface area (Å²) >= 11 is 5.45. The first-order chi connectivity index (χ1) is 8.11. The van der Waals surface area contributed by atoms with Crippen LogP contribution in [0.2, 0.25) is 5.02 Å². The maximum Gasteiger partial charge on any atom is 0.295 e. The van der Waals surface area contributed by atoms with Gasteiger partial charge < -0.3 is 0 Å². The highest BCUT2D eigenvalue weighted by Gasteiger charge is 2.26. The zero-order chi connectivity index (χ0) is 14.1. The molecular formula is C7H5ClN2O7S. The largest absolute Gasteiger partial charge is 0.295 e. The van der Waals surface area contributed by atoms with E-state index in [-0.39, 0.29) is 5.56 Å². The van der Waals surface area contributed by atoms with Crippen LogP contribution in [0.1, 0.15) is 5.56 Å². The lowest BCUT2D eigenvalue weighted by Crippen LogP contribution is -2.04. The van der Waals surface area contributed by atoms with Gasteiger partial charge in [-0.2, -0.15) is 8.42 Å². The fourth-order valence-electron chi connectivity index (χ4n) is 1.21. The van der Waals surface area contributed by atoms with Crippen LogP contribution in [0.15, 0.2) is 12.1 Å². The second-order valence-electron chi connectivity index (χ2n) is 3.19. The van der Waals surface area contributed by atoms with Gasteiger partial charge in [-0.1, -0.05) is 11.6 Å². The second kappa shape index (κ2) is 4.84. The van der Waals surface area contributed by atoms with Crippen LogP contribution < -0.4 is 0 Å². The molecule has 0 aromatic heterocycles. The fourth-order valence-corrected chi connectivity index (χ4v) is 2.05. The molecule has 0 saturated carbocycles. The van der Waals surface area contributed by atoms with Gasteiger partial charge >= 0.3 is 0 Å². The minimum atomic E-state index is -4.46. The summed E-state index contributed by atoms with van der Waals surface area (Å²) in [5.41, 5.74) is -1.91. The summed E-state index contributed by atoms with van der Waals surface area (Å²) in [5.74, 6) is -0.980. The predicted molar refractivity (Wildman–Crippen MR) is 60.0 cm³/mol. The van der Waals surface area contributed by atoms with Crippen LogP contribution >= 0.6 is 11.6 Å². The summed E-state index contributed by atoms with van der Waals surface area (Å²) in [6, 6.07) is 1.51. The Morgan fingerprint density at radius 1 is 1.17 bits per heavy atom. The molecule has 0 saturated heterocycles. The summed E-state index contributed by atoms with van der Waals surface area (Å²) in [4.78, 5) is 19.2. The van der Waals surface area contributed by atoms with Gasteiger partial charge in [0.1, 0.15) is 5.75 Å². The highest BCUT2D eigenvalue weighted by atomic mass is 35.5. The van der Waals surface area contributed by atoms with Crippen molar-refractivity contribution >= 4 is 33.1 Å². The topological polar surface area (TPSA) is 141 Å². The van der Waals surface area contributed by atoms with Gasteiger partial charge in [0.25, 0.3) is 21.5 Å². The molecule has 9 nitrogen and oxygen atoms in total. The van der Waals surface area contributed by atoms with Crippen molar-refractivity contribution in [2.24, 2.45) is 0 Å². The normalized spacial score (nSPS) is 11.2. The molecule has 1 N–H and O–H groups in total. The van der Waals surface area contributed by atoms with Crippen molar-refractivity contribution in [3.8, 4) is 0 Å². The van der Waals surface area contributed by atoms with Crippen LogP contribution in [-0.4, -0.2) is 22.8 Å². The van der Waals surface area contributed by atoms with E-state index in [1.54, 1.807) is 0 Å². The first-order valence-electron chi connectivity index (χ1n) is 4.18. The van der Waals surface area contributed by atoms with E-state index >= 15 is 0 Å². The maximum atomic E-state index is 10.6. The molecule has 98 valence electrons. The van der Waals surface area contributed by atoms with Gasteiger partial charge in [0, 0.05) is 12.1 Å². The highest BCUT2D eigenvalue weighted by molar-refractivity contribution is 7.85. The van der Waals surface area contributed by atoms with E-state index in [1.807, 2.05) is 0 Å². The molecule has 0 aliphatic rings. The quantitative estimate of drug-likeness (QED) is 0.504. The third-order valence-electron chi connectivity index (χ3n) is 1.84. The van der Waals surface area contributed by atoms with Gasteiger partial charge in [0.2, 0.25) is 0 Å². The van der Waals surface area contributed by atoms with Crippen molar-refractivity contribution < 1.29 is 22.8 Å². The van der Waals surface area contributed by atoms with E-state index in [9.17, 15) is 28.6 Å². The molecule has 1 aromatic rings. The lowest BCUT2D eigenvalue weighted by Gasteiger charge is -2.02. The van der Waals surface area contributed by atoms with Crippen LogP contribution in [0.25, 0.3) is 0 Å². The molecule has 0 aliphatic carbocycles. The van der Waals surface area contributed by atoms with E-state index in [1.165, 1.54) is 0 Å². The molecule has 11 heteroatoms. The molecular weight excluding hydrogens is 292 g/mol. The summed E-state index contributed by atoms with van der Waals surface area (Å²) in [5, 5.41) is 20.5. The van der Waals surface area contributed by atoms with Gasteiger partial charge in [-0.15, -0.1) is 0 Å². The molecule has 1 rings (SSSR count). The number of nitrogens with zero attached hydrogens (tertiary/aromatic N) is 2. The third kappa shape index (κ3) is 3.35. The fraction of sp³-hybridized carbons (Fsp3) is 0.143. The molecule has 18 heavy (non-hydrogen) atoms. The Bertz CT molecular complexity index is 592. The Hall–Kier alpha value is -1.78. The number of hydrogen-bond donors (Lipinski definition) is 1. The monoisotopic (exact) mass is 296 g/mol. The average Bonchev–Trinajstić information content (AvgIpc) is 2.17. The molecule has 0 amide bonds. The first-order valence-corrected chi connectivity index (χ1v) is 6.17. The van der Waals surface area contributed by atoms with E-state index in [0.29, 0.717) is 0 Å². The summed E-state index contributed by atoms with van der Waals surface area (Å²) in [7, 11) is -4.46. The summed E-state index contributed by atoms with van der Waals surface area (Å²) < 4.78 is 29.9. The van der Waals surface area contributed by atoms with E-state index < -0.39 is 42.1 Å². The number of hydrogen-bond acceptors (Lipinski definition) is 6. The molecule has 0 unspecified atom stereocenters. The van der Waals surface area contributed by atoms with Crippen molar-refractivity contribution in [1.82, 2.24) is 0 Å². The molecule has 0 atom stereocenters. The lowest BCUT2D eigenvalue weighted by atomic mass is 10.2. The summed E-state index contributed by atoms with van der Waals surface area (Å²) in [6.07, 6.45) is 0. The number of rotatable bonds is 4. The zero-order valence-electron chi connectivity index (χ0n) is 8.44. The molecule has 0 radical (unpaired) electrons. The van der Waals surface area contributed by atoms with Crippen molar-refractivity contribution in [2.45, 2.75) is 5.75 Å². The molecule has 0 aliphatic heterocycles.